The van der Waals surface area contributed by atoms with E-state index in [1.54, 1.807) is 53.3 Å². The SMILES string of the molecule is C=CCCC(=O)N(C)[C@@H](C)[C@@H](OC(=O)[C@@H]1[C@H]2C(=O)N(CCCCCCO)[C@H](C(=O)N(CC=C)c3ccccc3Cl)[C@]23CC[C@H]1O3)c1ccccc1. The second-order valence-electron chi connectivity index (χ2n) is 13.8. The van der Waals surface area contributed by atoms with E-state index in [0.29, 0.717) is 49.4 Å². The molecule has 2 aromatic carbocycles. The third kappa shape index (κ3) is 7.64. The number of ether oxygens (including phenoxy) is 2. The summed E-state index contributed by atoms with van der Waals surface area (Å²) in [7, 11) is 1.69. The molecule has 3 aliphatic rings. The van der Waals surface area contributed by atoms with Gasteiger partial charge in [-0.05, 0) is 56.7 Å². The van der Waals surface area contributed by atoms with Crippen LogP contribution in [-0.4, -0.2) is 89.1 Å². The number of likely N-dealkylation sites (N-methyl/N-ethyl adjacent to an activating group) is 1. The van der Waals surface area contributed by atoms with Crippen LogP contribution in [0.1, 0.15) is 70.0 Å². The summed E-state index contributed by atoms with van der Waals surface area (Å²) in [6, 6.07) is 14.8. The van der Waals surface area contributed by atoms with Crippen molar-refractivity contribution in [3.8, 4) is 0 Å². The largest absolute Gasteiger partial charge is 0.455 e. The van der Waals surface area contributed by atoms with Crippen LogP contribution in [0.5, 0.6) is 0 Å². The number of benzene rings is 2. The number of likely N-dealkylation sites (tertiary alicyclic amines) is 1. The summed E-state index contributed by atoms with van der Waals surface area (Å²) in [5, 5.41) is 9.66. The summed E-state index contributed by atoms with van der Waals surface area (Å²) in [5.74, 6) is -3.21. The van der Waals surface area contributed by atoms with Crippen LogP contribution in [0.3, 0.4) is 0 Å². The van der Waals surface area contributed by atoms with Gasteiger partial charge >= 0.3 is 5.97 Å². The van der Waals surface area contributed by atoms with Crippen LogP contribution in [-0.2, 0) is 28.7 Å². The van der Waals surface area contributed by atoms with E-state index in [1.807, 2.05) is 37.3 Å². The number of halogens is 1. The molecule has 1 N–H and O–H groups in total. The van der Waals surface area contributed by atoms with Gasteiger partial charge in [0.05, 0.1) is 34.7 Å². The molecular weight excluding hydrogens is 670 g/mol. The minimum Gasteiger partial charge on any atom is -0.455 e. The maximum Gasteiger partial charge on any atom is 0.313 e. The lowest BCUT2D eigenvalue weighted by atomic mass is 9.70. The molecule has 3 heterocycles. The Kier molecular flexibility index (Phi) is 12.8. The van der Waals surface area contributed by atoms with Gasteiger partial charge in [-0.1, -0.05) is 79.1 Å². The van der Waals surface area contributed by atoms with Crippen LogP contribution < -0.4 is 4.90 Å². The van der Waals surface area contributed by atoms with Gasteiger partial charge in [-0.3, -0.25) is 19.2 Å². The number of aliphatic hydroxyl groups is 1. The third-order valence-corrected chi connectivity index (χ3v) is 11.0. The zero-order valence-electron chi connectivity index (χ0n) is 29.6. The molecule has 10 nitrogen and oxygen atoms in total. The summed E-state index contributed by atoms with van der Waals surface area (Å²) in [5.41, 5.74) is -0.0237. The first-order chi connectivity index (χ1) is 24.6. The fourth-order valence-corrected chi connectivity index (χ4v) is 8.30. The maximum absolute atomic E-state index is 14.8. The van der Waals surface area contributed by atoms with E-state index in [0.717, 1.165) is 18.4 Å². The monoisotopic (exact) mass is 719 g/mol. The number of para-hydroxylation sites is 1. The smallest absolute Gasteiger partial charge is 0.313 e. The number of unbranched alkanes of at least 4 members (excludes halogenated alkanes) is 3. The summed E-state index contributed by atoms with van der Waals surface area (Å²) >= 11 is 6.60. The predicted octanol–water partition coefficient (Wildman–Crippen LogP) is 5.88. The Morgan fingerprint density at radius 3 is 2.47 bits per heavy atom. The normalized spacial score (nSPS) is 24.5. The fourth-order valence-electron chi connectivity index (χ4n) is 8.07. The quantitative estimate of drug-likeness (QED) is 0.116. The molecule has 0 aromatic heterocycles. The first-order valence-electron chi connectivity index (χ1n) is 18.0. The first-order valence-corrected chi connectivity index (χ1v) is 18.4. The van der Waals surface area contributed by atoms with E-state index in [9.17, 15) is 24.3 Å². The van der Waals surface area contributed by atoms with Crippen LogP contribution >= 0.6 is 11.6 Å². The van der Waals surface area contributed by atoms with Crippen molar-refractivity contribution in [3.63, 3.8) is 0 Å². The number of carbonyl (C=O) groups is 4. The van der Waals surface area contributed by atoms with E-state index in [1.165, 1.54) is 4.90 Å². The van der Waals surface area contributed by atoms with E-state index >= 15 is 0 Å². The van der Waals surface area contributed by atoms with Gasteiger partial charge in [-0.2, -0.15) is 0 Å². The molecule has 2 bridgehead atoms. The highest BCUT2D eigenvalue weighted by molar-refractivity contribution is 6.34. The molecule has 3 saturated heterocycles. The maximum atomic E-state index is 14.8. The lowest BCUT2D eigenvalue weighted by molar-refractivity contribution is -0.164. The Bertz CT molecular complexity index is 1590. The molecule has 0 saturated carbocycles. The predicted molar refractivity (Wildman–Crippen MR) is 196 cm³/mol. The fraction of sp³-hybridized carbons (Fsp3) is 0.500. The zero-order valence-corrected chi connectivity index (χ0v) is 30.4. The Labute approximate surface area is 306 Å². The molecule has 51 heavy (non-hydrogen) atoms. The molecule has 3 fully saturated rings. The third-order valence-electron chi connectivity index (χ3n) is 10.7. The highest BCUT2D eigenvalue weighted by atomic mass is 35.5. The van der Waals surface area contributed by atoms with Gasteiger partial charge in [0.1, 0.15) is 17.7 Å². The summed E-state index contributed by atoms with van der Waals surface area (Å²) < 4.78 is 13.0. The number of allylic oxidation sites excluding steroid dienone is 1. The Morgan fingerprint density at radius 2 is 1.78 bits per heavy atom. The van der Waals surface area contributed by atoms with Gasteiger partial charge in [-0.25, -0.2) is 0 Å². The number of esters is 1. The molecule has 274 valence electrons. The van der Waals surface area contributed by atoms with Crippen molar-refractivity contribution in [2.45, 2.75) is 88.2 Å². The lowest BCUT2D eigenvalue weighted by Crippen LogP contribution is -2.56. The molecule has 0 unspecified atom stereocenters. The highest BCUT2D eigenvalue weighted by Crippen LogP contribution is 2.59. The Hall–Kier alpha value is -3.99. The minimum atomic E-state index is -1.24. The summed E-state index contributed by atoms with van der Waals surface area (Å²) in [4.78, 5) is 61.6. The molecular formula is C40H50ClN3O7. The molecule has 0 aliphatic carbocycles. The number of rotatable bonds is 18. The molecule has 3 aliphatic heterocycles. The standard InChI is InChI=1S/C40H50ClN3O7/c1-5-7-21-32(46)42(4)27(3)35(28-17-11-10-12-18-28)50-39(49)33-31-22-23-40(51-31)34(33)37(47)44(25-15-8-9-16-26-45)36(40)38(48)43(24-6-2)30-20-14-13-19-29(30)41/h5-6,10-14,17-20,27,31,33-36,45H,1-2,7-9,15-16,21-26H2,3-4H3/t27-,31+,33-,34-,35+,36+,40-/m0/s1. The number of amides is 3. The van der Waals surface area contributed by atoms with Crippen LogP contribution in [0.25, 0.3) is 0 Å². The highest BCUT2D eigenvalue weighted by Gasteiger charge is 2.75. The minimum absolute atomic E-state index is 0.0870. The van der Waals surface area contributed by atoms with Gasteiger partial charge in [0.2, 0.25) is 11.8 Å². The van der Waals surface area contributed by atoms with Gasteiger partial charge in [0.25, 0.3) is 5.91 Å². The van der Waals surface area contributed by atoms with Gasteiger partial charge < -0.3 is 29.3 Å². The van der Waals surface area contributed by atoms with Crippen molar-refractivity contribution in [1.82, 2.24) is 9.80 Å². The van der Waals surface area contributed by atoms with Crippen LogP contribution in [0.4, 0.5) is 5.69 Å². The molecule has 5 rings (SSSR count). The van der Waals surface area contributed by atoms with Gasteiger partial charge in [0, 0.05) is 33.2 Å². The van der Waals surface area contributed by atoms with Crippen molar-refractivity contribution in [1.29, 1.82) is 0 Å². The summed E-state index contributed by atoms with van der Waals surface area (Å²) in [6.45, 7) is 9.96. The van der Waals surface area contributed by atoms with E-state index in [-0.39, 0.29) is 37.3 Å². The molecule has 7 atom stereocenters. The zero-order chi connectivity index (χ0) is 36.7. The van der Waals surface area contributed by atoms with E-state index < -0.39 is 47.7 Å². The number of hydrogen-bond acceptors (Lipinski definition) is 7. The second kappa shape index (κ2) is 17.0. The van der Waals surface area contributed by atoms with Crippen molar-refractivity contribution >= 4 is 41.0 Å². The molecule has 11 heteroatoms. The van der Waals surface area contributed by atoms with Crippen LogP contribution in [0.2, 0.25) is 5.02 Å². The number of aliphatic hydroxyl groups excluding tert-OH is 1. The number of fused-ring (bicyclic) bond motifs is 1. The number of hydrogen-bond donors (Lipinski definition) is 1. The Balaban J connectivity index is 1.48. The average Bonchev–Trinajstić information content (AvgIpc) is 3.78. The lowest BCUT2D eigenvalue weighted by Gasteiger charge is -2.37. The van der Waals surface area contributed by atoms with Gasteiger partial charge in [0.15, 0.2) is 0 Å². The molecule has 1 spiro atoms. The molecule has 0 radical (unpaired) electrons. The second-order valence-corrected chi connectivity index (χ2v) is 14.2. The van der Waals surface area contributed by atoms with Crippen molar-refractivity contribution in [2.24, 2.45) is 11.8 Å². The number of carbonyl (C=O) groups excluding carboxylic acids is 4. The Morgan fingerprint density at radius 1 is 1.08 bits per heavy atom. The molecule has 2 aromatic rings. The van der Waals surface area contributed by atoms with Gasteiger partial charge in [-0.15, -0.1) is 13.2 Å². The van der Waals surface area contributed by atoms with Crippen molar-refractivity contribution < 1.29 is 33.8 Å². The molecule has 3 amide bonds. The summed E-state index contributed by atoms with van der Waals surface area (Å²) in [6.07, 6.45) is 6.40. The average molecular weight is 720 g/mol. The van der Waals surface area contributed by atoms with E-state index in [2.05, 4.69) is 13.2 Å². The topological polar surface area (TPSA) is 117 Å². The number of nitrogens with zero attached hydrogens (tertiary/aromatic N) is 3. The number of anilines is 1. The van der Waals surface area contributed by atoms with Crippen molar-refractivity contribution in [2.75, 3.05) is 31.6 Å². The first kappa shape index (κ1) is 38.2. The van der Waals surface area contributed by atoms with E-state index in [4.69, 9.17) is 21.1 Å². The van der Waals surface area contributed by atoms with Crippen LogP contribution in [0.15, 0.2) is 79.9 Å². The van der Waals surface area contributed by atoms with Crippen LogP contribution in [0, 0.1) is 11.8 Å². The van der Waals surface area contributed by atoms with Crippen molar-refractivity contribution in [3.05, 3.63) is 90.5 Å².